The molecular weight excluding hydrogens is 248 g/mol. The summed E-state index contributed by atoms with van der Waals surface area (Å²) in [6.45, 7) is 0.743. The normalized spacial score (nSPS) is 18.6. The molecule has 0 bridgehead atoms. The van der Waals surface area contributed by atoms with Gasteiger partial charge in [-0.1, -0.05) is 18.2 Å². The second-order valence-corrected chi connectivity index (χ2v) is 4.76. The molecule has 1 aromatic carbocycles. The number of fused-ring (bicyclic) bond motifs is 1. The molecule has 0 aliphatic carbocycles. The minimum Gasteiger partial charge on any atom is -0.373 e. The molecule has 1 aromatic heterocycles. The Morgan fingerprint density at radius 2 is 2.17 bits per heavy atom. The molecule has 18 heavy (non-hydrogen) atoms. The third kappa shape index (κ3) is 2.04. The number of nitrogens with zero attached hydrogens (tertiary/aromatic N) is 2. The van der Waals surface area contributed by atoms with E-state index in [1.807, 2.05) is 29.1 Å². The molecule has 0 radical (unpaired) electrons. The van der Waals surface area contributed by atoms with E-state index in [0.29, 0.717) is 5.88 Å². The molecular formula is C14H15ClN2O. The SMILES string of the molecule is ClCCC1OCCc2c1cnn2-c1ccccc1. The Balaban J connectivity index is 2.00. The molecule has 1 aliphatic heterocycles. The van der Waals surface area contributed by atoms with Gasteiger partial charge < -0.3 is 4.74 Å². The van der Waals surface area contributed by atoms with Crippen LogP contribution in [0.4, 0.5) is 0 Å². The number of ether oxygens (including phenoxy) is 1. The second-order valence-electron chi connectivity index (χ2n) is 4.38. The van der Waals surface area contributed by atoms with Crippen LogP contribution in [0, 0.1) is 0 Å². The van der Waals surface area contributed by atoms with Crippen LogP contribution < -0.4 is 0 Å². The smallest absolute Gasteiger partial charge is 0.0869 e. The molecule has 0 spiro atoms. The first-order valence-electron chi connectivity index (χ1n) is 6.20. The van der Waals surface area contributed by atoms with E-state index in [0.717, 1.165) is 25.1 Å². The van der Waals surface area contributed by atoms with Crippen molar-refractivity contribution in [1.29, 1.82) is 0 Å². The number of para-hydroxylation sites is 1. The van der Waals surface area contributed by atoms with Crippen LogP contribution in [0.25, 0.3) is 5.69 Å². The monoisotopic (exact) mass is 262 g/mol. The number of benzene rings is 1. The zero-order valence-corrected chi connectivity index (χ0v) is 10.8. The lowest BCUT2D eigenvalue weighted by Gasteiger charge is -2.23. The van der Waals surface area contributed by atoms with Crippen molar-refractivity contribution in [1.82, 2.24) is 9.78 Å². The van der Waals surface area contributed by atoms with E-state index in [9.17, 15) is 0 Å². The van der Waals surface area contributed by atoms with Crippen molar-refractivity contribution in [2.24, 2.45) is 0 Å². The fourth-order valence-corrected chi connectivity index (χ4v) is 2.62. The van der Waals surface area contributed by atoms with Crippen LogP contribution in [-0.4, -0.2) is 22.3 Å². The van der Waals surface area contributed by atoms with Gasteiger partial charge in [0.15, 0.2) is 0 Å². The molecule has 0 saturated heterocycles. The van der Waals surface area contributed by atoms with E-state index in [1.54, 1.807) is 0 Å². The Kier molecular flexibility index (Phi) is 3.35. The van der Waals surface area contributed by atoms with Crippen molar-refractivity contribution in [2.45, 2.75) is 18.9 Å². The van der Waals surface area contributed by atoms with Gasteiger partial charge in [0, 0.05) is 17.9 Å². The van der Waals surface area contributed by atoms with Crippen LogP contribution >= 0.6 is 11.6 Å². The van der Waals surface area contributed by atoms with Crippen LogP contribution in [0.15, 0.2) is 36.5 Å². The van der Waals surface area contributed by atoms with Crippen LogP contribution in [-0.2, 0) is 11.2 Å². The van der Waals surface area contributed by atoms with Gasteiger partial charge in [0.1, 0.15) is 0 Å². The summed E-state index contributed by atoms with van der Waals surface area (Å²) in [6, 6.07) is 10.2. The minimum absolute atomic E-state index is 0.101. The first-order valence-corrected chi connectivity index (χ1v) is 6.73. The summed E-state index contributed by atoms with van der Waals surface area (Å²) in [5, 5.41) is 4.49. The van der Waals surface area contributed by atoms with Gasteiger partial charge in [0.05, 0.1) is 30.3 Å². The molecule has 1 unspecified atom stereocenters. The third-order valence-corrected chi connectivity index (χ3v) is 3.50. The van der Waals surface area contributed by atoms with E-state index < -0.39 is 0 Å². The van der Waals surface area contributed by atoms with Crippen LogP contribution in [0.1, 0.15) is 23.8 Å². The van der Waals surface area contributed by atoms with Crippen molar-refractivity contribution in [3.63, 3.8) is 0 Å². The minimum atomic E-state index is 0.101. The predicted octanol–water partition coefficient (Wildman–Crippen LogP) is 3.12. The third-order valence-electron chi connectivity index (χ3n) is 3.28. The van der Waals surface area contributed by atoms with Crippen LogP contribution in [0.3, 0.4) is 0 Å². The zero-order chi connectivity index (χ0) is 12.4. The molecule has 0 saturated carbocycles. The Bertz CT molecular complexity index is 524. The molecule has 1 atom stereocenters. The fourth-order valence-electron chi connectivity index (χ4n) is 2.42. The van der Waals surface area contributed by atoms with Gasteiger partial charge in [0.25, 0.3) is 0 Å². The first kappa shape index (κ1) is 11.8. The Hall–Kier alpha value is -1.32. The molecule has 94 valence electrons. The van der Waals surface area contributed by atoms with Gasteiger partial charge in [-0.15, -0.1) is 11.6 Å². The molecule has 4 heteroatoms. The first-order chi connectivity index (χ1) is 8.90. The summed E-state index contributed by atoms with van der Waals surface area (Å²) in [6.07, 6.45) is 3.76. The highest BCUT2D eigenvalue weighted by Crippen LogP contribution is 2.30. The van der Waals surface area contributed by atoms with Gasteiger partial charge >= 0.3 is 0 Å². The number of halogens is 1. The average Bonchev–Trinajstić information content (AvgIpc) is 2.85. The van der Waals surface area contributed by atoms with E-state index in [1.165, 1.54) is 11.3 Å². The maximum absolute atomic E-state index is 5.82. The lowest BCUT2D eigenvalue weighted by Crippen LogP contribution is -2.18. The van der Waals surface area contributed by atoms with Crippen LogP contribution in [0.2, 0.25) is 0 Å². The van der Waals surface area contributed by atoms with Crippen LogP contribution in [0.5, 0.6) is 0 Å². The zero-order valence-electron chi connectivity index (χ0n) is 10.1. The van der Waals surface area contributed by atoms with Crippen molar-refractivity contribution >= 4 is 11.6 Å². The van der Waals surface area contributed by atoms with Gasteiger partial charge in [-0.05, 0) is 18.6 Å². The quantitative estimate of drug-likeness (QED) is 0.795. The molecule has 0 amide bonds. The Morgan fingerprint density at radius 1 is 1.33 bits per heavy atom. The molecule has 3 nitrogen and oxygen atoms in total. The lowest BCUT2D eigenvalue weighted by atomic mass is 10.0. The summed E-state index contributed by atoms with van der Waals surface area (Å²) in [5.74, 6) is 0.612. The number of alkyl halides is 1. The van der Waals surface area contributed by atoms with Crippen molar-refractivity contribution in [3.8, 4) is 5.69 Å². The van der Waals surface area contributed by atoms with E-state index in [2.05, 4.69) is 17.2 Å². The highest BCUT2D eigenvalue weighted by molar-refractivity contribution is 6.17. The van der Waals surface area contributed by atoms with Gasteiger partial charge in [-0.25, -0.2) is 4.68 Å². The summed E-state index contributed by atoms with van der Waals surface area (Å²) >= 11 is 5.82. The topological polar surface area (TPSA) is 27.1 Å². The largest absolute Gasteiger partial charge is 0.373 e. The molecule has 2 aromatic rings. The number of hydrogen-bond donors (Lipinski definition) is 0. The fraction of sp³-hybridized carbons (Fsp3) is 0.357. The summed E-state index contributed by atoms with van der Waals surface area (Å²) in [7, 11) is 0. The highest BCUT2D eigenvalue weighted by Gasteiger charge is 2.24. The highest BCUT2D eigenvalue weighted by atomic mass is 35.5. The van der Waals surface area contributed by atoms with Gasteiger partial charge in [-0.3, -0.25) is 0 Å². The molecule has 1 aliphatic rings. The molecule has 2 heterocycles. The summed E-state index contributed by atoms with van der Waals surface area (Å²) in [5.41, 5.74) is 3.54. The number of rotatable bonds is 3. The van der Waals surface area contributed by atoms with E-state index >= 15 is 0 Å². The molecule has 0 fully saturated rings. The van der Waals surface area contributed by atoms with E-state index in [4.69, 9.17) is 16.3 Å². The summed E-state index contributed by atoms with van der Waals surface area (Å²) in [4.78, 5) is 0. The Labute approximate surface area is 111 Å². The maximum Gasteiger partial charge on any atom is 0.0869 e. The Morgan fingerprint density at radius 3 is 2.94 bits per heavy atom. The maximum atomic E-state index is 5.82. The standard InChI is InChI=1S/C14H15ClN2O/c15-8-6-14-12-10-16-17(13(12)7-9-18-14)11-4-2-1-3-5-11/h1-5,10,14H,6-9H2. The lowest BCUT2D eigenvalue weighted by molar-refractivity contribution is 0.0396. The van der Waals surface area contributed by atoms with Gasteiger partial charge in [0.2, 0.25) is 0 Å². The average molecular weight is 263 g/mol. The number of hydrogen-bond acceptors (Lipinski definition) is 2. The van der Waals surface area contributed by atoms with Crippen molar-refractivity contribution < 1.29 is 4.74 Å². The van der Waals surface area contributed by atoms with Crippen molar-refractivity contribution in [2.75, 3.05) is 12.5 Å². The molecule has 3 rings (SSSR count). The van der Waals surface area contributed by atoms with Crippen molar-refractivity contribution in [3.05, 3.63) is 47.8 Å². The molecule has 0 N–H and O–H groups in total. The van der Waals surface area contributed by atoms with E-state index in [-0.39, 0.29) is 6.10 Å². The predicted molar refractivity (Wildman–Crippen MR) is 71.3 cm³/mol. The summed E-state index contributed by atoms with van der Waals surface area (Å²) < 4.78 is 7.77. The number of aromatic nitrogens is 2. The second kappa shape index (κ2) is 5.12. The van der Waals surface area contributed by atoms with Gasteiger partial charge in [-0.2, -0.15) is 5.10 Å².